The second-order valence-corrected chi connectivity index (χ2v) is 10.3. The summed E-state index contributed by atoms with van der Waals surface area (Å²) < 4.78 is 0.360. The number of hydrogen-bond donors (Lipinski definition) is 1. The van der Waals surface area contributed by atoms with E-state index in [1.165, 1.54) is 38.5 Å². The molecule has 4 aliphatic carbocycles. The Kier molecular flexibility index (Phi) is 3.09. The molecular formula is C16H26BrNO. The van der Waals surface area contributed by atoms with Crippen molar-refractivity contribution >= 4 is 21.8 Å². The van der Waals surface area contributed by atoms with Crippen LogP contribution in [0.2, 0.25) is 0 Å². The molecule has 0 aromatic heterocycles. The Morgan fingerprint density at radius 2 is 1.79 bits per heavy atom. The van der Waals surface area contributed by atoms with Gasteiger partial charge in [0.2, 0.25) is 5.91 Å². The maximum atomic E-state index is 12.3. The molecule has 2 atom stereocenters. The minimum absolute atomic E-state index is 0.106. The highest BCUT2D eigenvalue weighted by Gasteiger charge is 2.57. The quantitative estimate of drug-likeness (QED) is 0.762. The van der Waals surface area contributed by atoms with Crippen molar-refractivity contribution < 1.29 is 4.79 Å². The minimum Gasteiger partial charge on any atom is -0.351 e. The zero-order valence-electron chi connectivity index (χ0n) is 12.4. The largest absolute Gasteiger partial charge is 0.351 e. The first-order valence-electron chi connectivity index (χ1n) is 7.67. The summed E-state index contributed by atoms with van der Waals surface area (Å²) in [6.07, 6.45) is 8.62. The zero-order valence-corrected chi connectivity index (χ0v) is 14.0. The molecule has 4 aliphatic rings. The fourth-order valence-electron chi connectivity index (χ4n) is 5.35. The van der Waals surface area contributed by atoms with Crippen molar-refractivity contribution in [3.8, 4) is 0 Å². The fraction of sp³-hybridized carbons (Fsp3) is 0.938. The van der Waals surface area contributed by atoms with Crippen molar-refractivity contribution in [3.05, 3.63) is 0 Å². The Bertz CT molecular complexity index is 384. The molecule has 0 radical (unpaired) electrons. The van der Waals surface area contributed by atoms with E-state index in [1.807, 2.05) is 0 Å². The average Bonchev–Trinajstić information content (AvgIpc) is 2.06. The number of halogens is 1. The van der Waals surface area contributed by atoms with E-state index in [2.05, 4.69) is 42.0 Å². The Morgan fingerprint density at radius 1 is 1.21 bits per heavy atom. The molecule has 1 amide bonds. The second-order valence-electron chi connectivity index (χ2n) is 8.59. The van der Waals surface area contributed by atoms with Crippen LogP contribution in [-0.4, -0.2) is 15.8 Å². The Balaban J connectivity index is 1.72. The van der Waals surface area contributed by atoms with Gasteiger partial charge in [-0.05, 0) is 76.5 Å². The number of hydrogen-bond acceptors (Lipinski definition) is 1. The lowest BCUT2D eigenvalue weighted by Crippen LogP contribution is -2.54. The van der Waals surface area contributed by atoms with Crippen molar-refractivity contribution in [1.29, 1.82) is 0 Å². The van der Waals surface area contributed by atoms with Crippen LogP contribution in [0, 0.1) is 17.3 Å². The summed E-state index contributed by atoms with van der Waals surface area (Å²) in [6.45, 7) is 6.20. The summed E-state index contributed by atoms with van der Waals surface area (Å²) in [5.41, 5.74) is 0.189. The minimum atomic E-state index is -0.106. The lowest BCUT2D eigenvalue weighted by Gasteiger charge is -2.60. The maximum Gasteiger partial charge on any atom is 0.220 e. The topological polar surface area (TPSA) is 29.1 Å². The molecule has 0 heterocycles. The molecular weight excluding hydrogens is 302 g/mol. The molecule has 108 valence electrons. The predicted molar refractivity (Wildman–Crippen MR) is 81.3 cm³/mol. The third-order valence-electron chi connectivity index (χ3n) is 5.16. The van der Waals surface area contributed by atoms with Crippen LogP contribution in [0.25, 0.3) is 0 Å². The van der Waals surface area contributed by atoms with Gasteiger partial charge in [-0.2, -0.15) is 0 Å². The first-order valence-corrected chi connectivity index (χ1v) is 8.46. The first-order chi connectivity index (χ1) is 8.67. The lowest BCUT2D eigenvalue weighted by atomic mass is 9.48. The van der Waals surface area contributed by atoms with E-state index in [0.717, 1.165) is 18.3 Å². The van der Waals surface area contributed by atoms with Crippen LogP contribution in [-0.2, 0) is 4.79 Å². The van der Waals surface area contributed by atoms with Crippen LogP contribution in [0.1, 0.15) is 65.7 Å². The normalized spacial score (nSPS) is 44.4. The fourth-order valence-corrected chi connectivity index (χ4v) is 6.86. The monoisotopic (exact) mass is 327 g/mol. The van der Waals surface area contributed by atoms with E-state index in [1.54, 1.807) is 0 Å². The number of nitrogens with one attached hydrogen (secondary N) is 1. The summed E-state index contributed by atoms with van der Waals surface area (Å²) in [4.78, 5) is 12.3. The second kappa shape index (κ2) is 4.22. The highest BCUT2D eigenvalue weighted by molar-refractivity contribution is 9.10. The van der Waals surface area contributed by atoms with Gasteiger partial charge in [0.05, 0.1) is 0 Å². The molecule has 4 rings (SSSR count). The van der Waals surface area contributed by atoms with Crippen LogP contribution >= 0.6 is 15.9 Å². The van der Waals surface area contributed by atoms with Gasteiger partial charge in [0.15, 0.2) is 0 Å². The molecule has 4 saturated carbocycles. The Hall–Kier alpha value is -0.0500. The summed E-state index contributed by atoms with van der Waals surface area (Å²) in [5, 5.41) is 3.15. The molecule has 3 heteroatoms. The van der Waals surface area contributed by atoms with Crippen molar-refractivity contribution in [2.75, 3.05) is 0 Å². The van der Waals surface area contributed by atoms with E-state index in [-0.39, 0.29) is 11.4 Å². The molecule has 19 heavy (non-hydrogen) atoms. The van der Waals surface area contributed by atoms with Crippen LogP contribution in [0.15, 0.2) is 0 Å². The molecule has 4 bridgehead atoms. The molecule has 0 unspecified atom stereocenters. The van der Waals surface area contributed by atoms with Gasteiger partial charge in [-0.3, -0.25) is 4.79 Å². The van der Waals surface area contributed by atoms with Crippen LogP contribution in [0.3, 0.4) is 0 Å². The third kappa shape index (κ3) is 2.86. The number of amides is 1. The summed E-state index contributed by atoms with van der Waals surface area (Å²) >= 11 is 4.01. The average molecular weight is 328 g/mol. The van der Waals surface area contributed by atoms with Gasteiger partial charge in [-0.15, -0.1) is 0 Å². The number of alkyl halides is 1. The standard InChI is InChI=1S/C16H26BrNO/c1-14(2,3)18-13(19)9-15-5-11-4-12(6-15)8-16(17,7-11)10-15/h11-12H,4-10H2,1-3H3,(H,18,19)/t11-,12-,15?,16?/m1/s1. The Morgan fingerprint density at radius 3 is 2.26 bits per heavy atom. The van der Waals surface area contributed by atoms with E-state index in [4.69, 9.17) is 0 Å². The maximum absolute atomic E-state index is 12.3. The van der Waals surface area contributed by atoms with Crippen molar-refractivity contribution in [2.24, 2.45) is 17.3 Å². The van der Waals surface area contributed by atoms with Crippen molar-refractivity contribution in [3.63, 3.8) is 0 Å². The smallest absolute Gasteiger partial charge is 0.220 e. The summed E-state index contributed by atoms with van der Waals surface area (Å²) in [7, 11) is 0. The SMILES string of the molecule is CC(C)(C)NC(=O)CC12C[C@H]3C[C@@H](CC(Br)(C3)C1)C2. The predicted octanol–water partition coefficient (Wildman–Crippen LogP) is 4.03. The molecule has 0 spiro atoms. The van der Waals surface area contributed by atoms with Gasteiger partial charge < -0.3 is 5.32 Å². The molecule has 4 fully saturated rings. The molecule has 1 N–H and O–H groups in total. The van der Waals surface area contributed by atoms with E-state index < -0.39 is 0 Å². The van der Waals surface area contributed by atoms with E-state index in [0.29, 0.717) is 9.74 Å². The van der Waals surface area contributed by atoms with Gasteiger partial charge in [0, 0.05) is 16.3 Å². The van der Waals surface area contributed by atoms with Gasteiger partial charge in [0.1, 0.15) is 0 Å². The lowest BCUT2D eigenvalue weighted by molar-refractivity contribution is -0.129. The molecule has 0 aromatic rings. The number of carbonyl (C=O) groups excluding carboxylic acids is 1. The number of rotatable bonds is 2. The number of carbonyl (C=O) groups is 1. The molecule has 0 aromatic carbocycles. The van der Waals surface area contributed by atoms with Crippen LogP contribution < -0.4 is 5.32 Å². The van der Waals surface area contributed by atoms with E-state index >= 15 is 0 Å². The summed E-state index contributed by atoms with van der Waals surface area (Å²) in [5.74, 6) is 1.98. The van der Waals surface area contributed by atoms with Gasteiger partial charge in [0.25, 0.3) is 0 Å². The van der Waals surface area contributed by atoms with Crippen LogP contribution in [0.4, 0.5) is 0 Å². The van der Waals surface area contributed by atoms with Crippen LogP contribution in [0.5, 0.6) is 0 Å². The third-order valence-corrected chi connectivity index (χ3v) is 6.09. The summed E-state index contributed by atoms with van der Waals surface area (Å²) in [6, 6.07) is 0. The van der Waals surface area contributed by atoms with Gasteiger partial charge in [-0.25, -0.2) is 0 Å². The van der Waals surface area contributed by atoms with Gasteiger partial charge in [-0.1, -0.05) is 15.9 Å². The molecule has 0 aliphatic heterocycles. The van der Waals surface area contributed by atoms with E-state index in [9.17, 15) is 4.79 Å². The molecule has 0 saturated heterocycles. The van der Waals surface area contributed by atoms with Crippen molar-refractivity contribution in [2.45, 2.75) is 75.6 Å². The zero-order chi connectivity index (χ0) is 13.9. The van der Waals surface area contributed by atoms with Gasteiger partial charge >= 0.3 is 0 Å². The highest BCUT2D eigenvalue weighted by atomic mass is 79.9. The Labute approximate surface area is 125 Å². The molecule has 2 nitrogen and oxygen atoms in total. The van der Waals surface area contributed by atoms with Crippen molar-refractivity contribution in [1.82, 2.24) is 5.32 Å². The first kappa shape index (κ1) is 13.9. The highest BCUT2D eigenvalue weighted by Crippen LogP contribution is 2.65.